The maximum Gasteiger partial charge on any atom is 0.234 e. The molecule has 0 saturated heterocycles. The molecule has 4 rings (SSSR count). The van der Waals surface area contributed by atoms with Crippen molar-refractivity contribution < 1.29 is 14.3 Å². The Morgan fingerprint density at radius 3 is 2.62 bits per heavy atom. The van der Waals surface area contributed by atoms with Crippen molar-refractivity contribution in [3.05, 3.63) is 53.1 Å². The largest absolute Gasteiger partial charge is 0.486 e. The first-order chi connectivity index (χ1) is 14.0. The van der Waals surface area contributed by atoms with E-state index < -0.39 is 0 Å². The molecule has 2 aromatic carbocycles. The molecule has 1 aliphatic heterocycles. The van der Waals surface area contributed by atoms with Gasteiger partial charge in [-0.05, 0) is 49.1 Å². The summed E-state index contributed by atoms with van der Waals surface area (Å²) in [6, 6.07) is 12.1. The molecular weight excluding hydrogens is 384 g/mol. The number of ether oxygens (including phenoxy) is 2. The number of fused-ring (bicyclic) bond motifs is 2. The maximum absolute atomic E-state index is 12.6. The second-order valence-corrected chi connectivity index (χ2v) is 8.06. The van der Waals surface area contributed by atoms with Crippen molar-refractivity contribution in [1.29, 1.82) is 0 Å². The summed E-state index contributed by atoms with van der Waals surface area (Å²) < 4.78 is 11.3. The fraction of sp³-hybridized carbons (Fsp3) is 0.304. The summed E-state index contributed by atoms with van der Waals surface area (Å²) in [7, 11) is 0. The predicted molar refractivity (Wildman–Crippen MR) is 117 cm³/mol. The van der Waals surface area contributed by atoms with Crippen LogP contribution in [0.25, 0.3) is 10.9 Å². The number of hydrogen-bond donors (Lipinski definition) is 1. The van der Waals surface area contributed by atoms with E-state index in [2.05, 4.69) is 24.4 Å². The van der Waals surface area contributed by atoms with Crippen molar-refractivity contribution in [1.82, 2.24) is 4.98 Å². The molecule has 0 atom stereocenters. The number of thioether (sulfide) groups is 1. The number of pyridine rings is 1. The molecule has 1 aromatic heterocycles. The second kappa shape index (κ2) is 8.33. The van der Waals surface area contributed by atoms with Gasteiger partial charge in [-0.15, -0.1) is 0 Å². The van der Waals surface area contributed by atoms with Crippen LogP contribution in [-0.4, -0.2) is 29.9 Å². The van der Waals surface area contributed by atoms with E-state index in [4.69, 9.17) is 14.5 Å². The van der Waals surface area contributed by atoms with E-state index in [1.54, 1.807) is 0 Å². The Hall–Kier alpha value is -2.73. The van der Waals surface area contributed by atoms with E-state index in [-0.39, 0.29) is 5.91 Å². The number of benzene rings is 2. The molecule has 0 spiro atoms. The number of carbonyl (C=O) groups is 1. The SMILES string of the molecule is CCc1cccc(C)c1NC(=O)CSc1nc2cc3c(cc2cc1C)OCCO3. The minimum Gasteiger partial charge on any atom is -0.486 e. The highest BCUT2D eigenvalue weighted by molar-refractivity contribution is 8.00. The van der Waals surface area contributed by atoms with Crippen molar-refractivity contribution >= 4 is 34.3 Å². The van der Waals surface area contributed by atoms with E-state index in [0.717, 1.165) is 56.2 Å². The topological polar surface area (TPSA) is 60.5 Å². The lowest BCUT2D eigenvalue weighted by atomic mass is 10.1. The van der Waals surface area contributed by atoms with Gasteiger partial charge in [0.1, 0.15) is 18.2 Å². The van der Waals surface area contributed by atoms with Gasteiger partial charge in [-0.25, -0.2) is 4.98 Å². The van der Waals surface area contributed by atoms with Crippen LogP contribution >= 0.6 is 11.8 Å². The van der Waals surface area contributed by atoms with Gasteiger partial charge in [-0.2, -0.15) is 0 Å². The monoisotopic (exact) mass is 408 g/mol. The van der Waals surface area contributed by atoms with E-state index in [9.17, 15) is 4.79 Å². The number of aromatic nitrogens is 1. The number of rotatable bonds is 5. The van der Waals surface area contributed by atoms with Gasteiger partial charge in [0.15, 0.2) is 11.5 Å². The zero-order valence-corrected chi connectivity index (χ0v) is 17.7. The van der Waals surface area contributed by atoms with Crippen molar-refractivity contribution in [3.63, 3.8) is 0 Å². The van der Waals surface area contributed by atoms with E-state index >= 15 is 0 Å². The number of amides is 1. The van der Waals surface area contributed by atoms with Crippen LogP contribution in [0.3, 0.4) is 0 Å². The Morgan fingerprint density at radius 1 is 1.10 bits per heavy atom. The van der Waals surface area contributed by atoms with E-state index in [1.807, 2.05) is 38.1 Å². The van der Waals surface area contributed by atoms with Gasteiger partial charge in [0, 0.05) is 17.1 Å². The zero-order valence-electron chi connectivity index (χ0n) is 16.9. The highest BCUT2D eigenvalue weighted by Crippen LogP contribution is 2.35. The van der Waals surface area contributed by atoms with Crippen LogP contribution in [0, 0.1) is 13.8 Å². The molecule has 0 fully saturated rings. The highest BCUT2D eigenvalue weighted by atomic mass is 32.2. The van der Waals surface area contributed by atoms with Crippen LogP contribution in [0.15, 0.2) is 41.4 Å². The van der Waals surface area contributed by atoms with Gasteiger partial charge >= 0.3 is 0 Å². The van der Waals surface area contributed by atoms with Crippen molar-refractivity contribution in [2.75, 3.05) is 24.3 Å². The Kier molecular flexibility index (Phi) is 5.62. The summed E-state index contributed by atoms with van der Waals surface area (Å²) in [5.41, 5.74) is 5.03. The van der Waals surface area contributed by atoms with E-state index in [1.165, 1.54) is 11.8 Å². The lowest BCUT2D eigenvalue weighted by Crippen LogP contribution is -2.16. The fourth-order valence-corrected chi connectivity index (χ4v) is 4.25. The van der Waals surface area contributed by atoms with Crippen molar-refractivity contribution in [2.45, 2.75) is 32.2 Å². The van der Waals surface area contributed by atoms with Gasteiger partial charge in [0.2, 0.25) is 5.91 Å². The number of para-hydroxylation sites is 1. The summed E-state index contributed by atoms with van der Waals surface area (Å²) in [6.45, 7) is 7.23. The summed E-state index contributed by atoms with van der Waals surface area (Å²) in [6.07, 6.45) is 0.881. The van der Waals surface area contributed by atoms with Crippen LogP contribution < -0.4 is 14.8 Å². The molecular formula is C23H24N2O3S. The fourth-order valence-electron chi connectivity index (χ4n) is 3.46. The Labute approximate surface area is 174 Å². The molecule has 6 heteroatoms. The lowest BCUT2D eigenvalue weighted by Gasteiger charge is -2.19. The maximum atomic E-state index is 12.6. The van der Waals surface area contributed by atoms with Gasteiger partial charge in [-0.3, -0.25) is 4.79 Å². The number of carbonyl (C=O) groups excluding carboxylic acids is 1. The van der Waals surface area contributed by atoms with Gasteiger partial charge < -0.3 is 14.8 Å². The third kappa shape index (κ3) is 4.17. The summed E-state index contributed by atoms with van der Waals surface area (Å²) in [4.78, 5) is 17.3. The van der Waals surface area contributed by atoms with Crippen LogP contribution in [0.5, 0.6) is 11.5 Å². The first-order valence-electron chi connectivity index (χ1n) is 9.77. The quantitative estimate of drug-likeness (QED) is 0.608. The molecule has 3 aromatic rings. The average molecular weight is 409 g/mol. The van der Waals surface area contributed by atoms with Crippen LogP contribution in [0.4, 0.5) is 5.69 Å². The summed E-state index contributed by atoms with van der Waals surface area (Å²) in [5.74, 6) is 1.76. The number of nitrogens with zero attached hydrogens (tertiary/aromatic N) is 1. The average Bonchev–Trinajstić information content (AvgIpc) is 2.72. The number of aryl methyl sites for hydroxylation is 3. The summed E-state index contributed by atoms with van der Waals surface area (Å²) >= 11 is 1.45. The van der Waals surface area contributed by atoms with Crippen molar-refractivity contribution in [2.24, 2.45) is 0 Å². The molecule has 2 heterocycles. The molecule has 0 aliphatic carbocycles. The molecule has 1 amide bonds. The van der Waals surface area contributed by atoms with Gasteiger partial charge in [0.25, 0.3) is 0 Å². The molecule has 0 bridgehead atoms. The first-order valence-corrected chi connectivity index (χ1v) is 10.8. The normalized spacial score (nSPS) is 12.8. The van der Waals surface area contributed by atoms with Crippen LogP contribution in [-0.2, 0) is 11.2 Å². The third-order valence-electron chi connectivity index (χ3n) is 4.97. The minimum absolute atomic E-state index is 0.0255. The molecule has 0 saturated carbocycles. The van der Waals surface area contributed by atoms with Gasteiger partial charge in [-0.1, -0.05) is 36.9 Å². The Balaban J connectivity index is 1.51. The molecule has 1 aliphatic rings. The predicted octanol–water partition coefficient (Wildman–Crippen LogP) is 4.92. The van der Waals surface area contributed by atoms with E-state index in [0.29, 0.717) is 19.0 Å². The standard InChI is InChI=1S/C23H24N2O3S/c1-4-16-7-5-6-14(2)22(16)25-21(26)13-29-23-15(3)10-17-11-19-20(12-18(17)24-23)28-9-8-27-19/h5-7,10-12H,4,8-9,13H2,1-3H3,(H,25,26). The van der Waals surface area contributed by atoms with Crippen LogP contribution in [0.2, 0.25) is 0 Å². The van der Waals surface area contributed by atoms with Crippen LogP contribution in [0.1, 0.15) is 23.6 Å². The van der Waals surface area contributed by atoms with Gasteiger partial charge in [0.05, 0.1) is 11.3 Å². The lowest BCUT2D eigenvalue weighted by molar-refractivity contribution is -0.113. The first kappa shape index (κ1) is 19.6. The minimum atomic E-state index is -0.0255. The molecule has 0 radical (unpaired) electrons. The zero-order chi connectivity index (χ0) is 20.4. The smallest absolute Gasteiger partial charge is 0.234 e. The number of nitrogens with one attached hydrogen (secondary N) is 1. The third-order valence-corrected chi connectivity index (χ3v) is 6.06. The van der Waals surface area contributed by atoms with Crippen molar-refractivity contribution in [3.8, 4) is 11.5 Å². The molecule has 150 valence electrons. The number of anilines is 1. The number of hydrogen-bond acceptors (Lipinski definition) is 5. The molecule has 5 nitrogen and oxygen atoms in total. The highest BCUT2D eigenvalue weighted by Gasteiger charge is 2.15. The summed E-state index contributed by atoms with van der Waals surface area (Å²) in [5, 5.41) is 4.93. The molecule has 1 N–H and O–H groups in total. The molecule has 29 heavy (non-hydrogen) atoms. The Bertz CT molecular complexity index is 1080. The second-order valence-electron chi connectivity index (χ2n) is 7.10. The Morgan fingerprint density at radius 2 is 1.86 bits per heavy atom. The molecule has 0 unspecified atom stereocenters.